The minimum atomic E-state index is -3.43. The van der Waals surface area contributed by atoms with Gasteiger partial charge in [-0.15, -0.1) is 6.58 Å². The van der Waals surface area contributed by atoms with Crippen molar-refractivity contribution in [2.24, 2.45) is 0 Å². The smallest absolute Gasteiger partial charge is 0.210 e. The molecule has 0 saturated carbocycles. The van der Waals surface area contributed by atoms with Crippen LogP contribution in [0.2, 0.25) is 0 Å². The van der Waals surface area contributed by atoms with Crippen molar-refractivity contribution in [3.63, 3.8) is 0 Å². The molecule has 2 aromatic rings. The first-order valence-electron chi connectivity index (χ1n) is 5.98. The maximum absolute atomic E-state index is 12.6. The van der Waals surface area contributed by atoms with Gasteiger partial charge in [0.25, 0.3) is 0 Å². The van der Waals surface area contributed by atoms with Crippen LogP contribution in [-0.2, 0) is 9.84 Å². The minimum absolute atomic E-state index is 0.357. The molecule has 0 atom stereocenters. The van der Waals surface area contributed by atoms with E-state index < -0.39 is 9.84 Å². The third kappa shape index (κ3) is 1.68. The van der Waals surface area contributed by atoms with Crippen molar-refractivity contribution in [3.05, 3.63) is 61.2 Å². The number of benzene rings is 2. The Morgan fingerprint density at radius 3 is 1.89 bits per heavy atom. The average molecular weight is 271 g/mol. The van der Waals surface area contributed by atoms with Crippen LogP contribution in [0, 0.1) is 0 Å². The van der Waals surface area contributed by atoms with E-state index in [9.17, 15) is 8.42 Å². The van der Waals surface area contributed by atoms with Crippen LogP contribution in [0.25, 0.3) is 0 Å². The molecule has 0 bridgehead atoms. The van der Waals surface area contributed by atoms with Gasteiger partial charge in [0.2, 0.25) is 9.84 Å². The minimum Gasteiger partial charge on any atom is -0.335 e. The van der Waals surface area contributed by atoms with Crippen molar-refractivity contribution in [1.82, 2.24) is 0 Å². The highest BCUT2D eigenvalue weighted by molar-refractivity contribution is 7.92. The molecule has 2 aromatic carbocycles. The Morgan fingerprint density at radius 1 is 0.947 bits per heavy atom. The Kier molecular flexibility index (Phi) is 2.68. The monoisotopic (exact) mass is 271 g/mol. The summed E-state index contributed by atoms with van der Waals surface area (Å²) in [4.78, 5) is 2.68. The Labute approximate surface area is 112 Å². The third-order valence-electron chi connectivity index (χ3n) is 3.20. The lowest BCUT2D eigenvalue weighted by atomic mass is 10.2. The summed E-state index contributed by atoms with van der Waals surface area (Å²) in [5.41, 5.74) is 1.42. The summed E-state index contributed by atoms with van der Waals surface area (Å²) in [5, 5.41) is 0. The fourth-order valence-corrected chi connectivity index (χ4v) is 4.05. The molecule has 19 heavy (non-hydrogen) atoms. The first-order valence-corrected chi connectivity index (χ1v) is 7.46. The third-order valence-corrected chi connectivity index (χ3v) is 5.05. The van der Waals surface area contributed by atoms with Crippen LogP contribution in [0.4, 0.5) is 11.4 Å². The van der Waals surface area contributed by atoms with Gasteiger partial charge >= 0.3 is 0 Å². The first kappa shape index (κ1) is 12.0. The van der Waals surface area contributed by atoms with E-state index in [1.165, 1.54) is 0 Å². The Morgan fingerprint density at radius 2 is 1.42 bits per heavy atom. The topological polar surface area (TPSA) is 37.4 Å². The van der Waals surface area contributed by atoms with Crippen molar-refractivity contribution in [3.8, 4) is 0 Å². The number of hydrogen-bond donors (Lipinski definition) is 0. The van der Waals surface area contributed by atoms with Crippen LogP contribution in [0.1, 0.15) is 0 Å². The molecule has 1 aliphatic rings. The van der Waals surface area contributed by atoms with E-state index in [0.717, 1.165) is 0 Å². The van der Waals surface area contributed by atoms with Crippen molar-refractivity contribution >= 4 is 21.2 Å². The van der Waals surface area contributed by atoms with E-state index in [1.807, 2.05) is 29.2 Å². The fourth-order valence-electron chi connectivity index (χ4n) is 2.39. The predicted octanol–water partition coefficient (Wildman–Crippen LogP) is 3.16. The normalized spacial score (nSPS) is 15.5. The van der Waals surface area contributed by atoms with Crippen LogP contribution >= 0.6 is 0 Å². The van der Waals surface area contributed by atoms with Gasteiger partial charge in [0.05, 0.1) is 21.2 Å². The summed E-state index contributed by atoms with van der Waals surface area (Å²) in [6.07, 6.45) is 1.77. The standard InChI is InChI=1S/C15H13NO2S/c1-2-11-16-12-7-3-5-9-14(12)19(17,18)15-10-6-4-8-13(15)16/h2-10H,1,11H2. The highest BCUT2D eigenvalue weighted by Crippen LogP contribution is 2.43. The largest absolute Gasteiger partial charge is 0.335 e. The lowest BCUT2D eigenvalue weighted by molar-refractivity contribution is 0.594. The highest BCUT2D eigenvalue weighted by atomic mass is 32.2. The molecule has 0 aliphatic carbocycles. The first-order chi connectivity index (χ1) is 9.16. The SMILES string of the molecule is C=CCN1c2ccccc2S(=O)(=O)c2ccccc21. The van der Waals surface area contributed by atoms with Gasteiger partial charge in [0, 0.05) is 6.54 Å². The maximum atomic E-state index is 12.6. The number of nitrogens with zero attached hydrogens (tertiary/aromatic N) is 1. The zero-order valence-electron chi connectivity index (χ0n) is 10.3. The van der Waals surface area contributed by atoms with Gasteiger partial charge < -0.3 is 4.90 Å². The van der Waals surface area contributed by atoms with Crippen molar-refractivity contribution in [1.29, 1.82) is 0 Å². The predicted molar refractivity (Wildman–Crippen MR) is 75.5 cm³/mol. The summed E-state index contributed by atoms with van der Waals surface area (Å²) in [6, 6.07) is 14.1. The number of fused-ring (bicyclic) bond motifs is 2. The molecule has 0 amide bonds. The molecule has 3 rings (SSSR count). The van der Waals surface area contributed by atoms with Crippen LogP contribution in [0.5, 0.6) is 0 Å². The Balaban J connectivity index is 2.37. The Hall–Kier alpha value is -2.07. The summed E-state index contributed by atoms with van der Waals surface area (Å²) < 4.78 is 25.2. The van der Waals surface area contributed by atoms with E-state index >= 15 is 0 Å². The van der Waals surface area contributed by atoms with E-state index in [-0.39, 0.29) is 0 Å². The van der Waals surface area contributed by atoms with Gasteiger partial charge in [-0.3, -0.25) is 0 Å². The molecule has 0 saturated heterocycles. The molecular formula is C15H13NO2S. The fraction of sp³-hybridized carbons (Fsp3) is 0.0667. The van der Waals surface area contributed by atoms with E-state index in [4.69, 9.17) is 0 Å². The lowest BCUT2D eigenvalue weighted by Crippen LogP contribution is -2.25. The van der Waals surface area contributed by atoms with Crippen molar-refractivity contribution in [2.45, 2.75) is 9.79 Å². The summed E-state index contributed by atoms with van der Waals surface area (Å²) in [6.45, 7) is 4.32. The Bertz CT molecular complexity index is 697. The zero-order valence-corrected chi connectivity index (χ0v) is 11.1. The maximum Gasteiger partial charge on any atom is 0.210 e. The van der Waals surface area contributed by atoms with Gasteiger partial charge in [-0.05, 0) is 24.3 Å². The molecule has 0 unspecified atom stereocenters. The highest BCUT2D eigenvalue weighted by Gasteiger charge is 2.32. The lowest BCUT2D eigenvalue weighted by Gasteiger charge is -2.31. The van der Waals surface area contributed by atoms with Crippen molar-refractivity contribution in [2.75, 3.05) is 11.4 Å². The molecule has 0 aromatic heterocycles. The molecule has 0 N–H and O–H groups in total. The van der Waals surface area contributed by atoms with Gasteiger partial charge in [-0.2, -0.15) is 0 Å². The van der Waals surface area contributed by atoms with E-state index in [1.54, 1.807) is 30.3 Å². The molecule has 0 spiro atoms. The van der Waals surface area contributed by atoms with Crippen LogP contribution in [0.15, 0.2) is 71.0 Å². The van der Waals surface area contributed by atoms with E-state index in [0.29, 0.717) is 27.7 Å². The molecule has 0 radical (unpaired) electrons. The molecule has 3 nitrogen and oxygen atoms in total. The zero-order chi connectivity index (χ0) is 13.5. The van der Waals surface area contributed by atoms with Gasteiger partial charge in [0.1, 0.15) is 0 Å². The molecule has 96 valence electrons. The number of anilines is 2. The quantitative estimate of drug-likeness (QED) is 0.787. The van der Waals surface area contributed by atoms with E-state index in [2.05, 4.69) is 6.58 Å². The second-order valence-corrected chi connectivity index (χ2v) is 6.22. The number of para-hydroxylation sites is 2. The number of rotatable bonds is 2. The summed E-state index contributed by atoms with van der Waals surface area (Å²) >= 11 is 0. The van der Waals surface area contributed by atoms with Gasteiger partial charge in [0.15, 0.2) is 0 Å². The second kappa shape index (κ2) is 4.24. The molecule has 0 fully saturated rings. The number of hydrogen-bond acceptors (Lipinski definition) is 3. The molecule has 1 aliphatic heterocycles. The molecular weight excluding hydrogens is 258 g/mol. The summed E-state index contributed by atoms with van der Waals surface area (Å²) in [5.74, 6) is 0. The molecule has 1 heterocycles. The second-order valence-electron chi connectivity index (χ2n) is 4.34. The molecule has 4 heteroatoms. The van der Waals surface area contributed by atoms with Crippen molar-refractivity contribution < 1.29 is 8.42 Å². The average Bonchev–Trinajstić information content (AvgIpc) is 2.44. The van der Waals surface area contributed by atoms with Crippen LogP contribution in [-0.4, -0.2) is 15.0 Å². The van der Waals surface area contributed by atoms with Crippen LogP contribution in [0.3, 0.4) is 0 Å². The number of sulfone groups is 1. The van der Waals surface area contributed by atoms with Gasteiger partial charge in [-0.1, -0.05) is 30.3 Å². The van der Waals surface area contributed by atoms with Gasteiger partial charge in [-0.25, -0.2) is 8.42 Å². The van der Waals surface area contributed by atoms with Crippen LogP contribution < -0.4 is 4.90 Å². The summed E-state index contributed by atoms with van der Waals surface area (Å²) in [7, 11) is -3.43.